The Labute approximate surface area is 219 Å². The maximum Gasteiger partial charge on any atom is 0.296 e. The number of carbonyl (C=O) groups is 2. The van der Waals surface area contributed by atoms with Gasteiger partial charge in [0.25, 0.3) is 17.0 Å². The van der Waals surface area contributed by atoms with E-state index in [1.165, 1.54) is 4.90 Å². The highest BCUT2D eigenvalue weighted by Crippen LogP contribution is 2.35. The second-order valence-corrected chi connectivity index (χ2v) is 9.63. The number of benzene rings is 3. The van der Waals surface area contributed by atoms with Crippen LogP contribution >= 0.6 is 11.3 Å². The highest BCUT2D eigenvalue weighted by Gasteiger charge is 2.35. The van der Waals surface area contributed by atoms with Gasteiger partial charge in [-0.25, -0.2) is 0 Å². The molecule has 0 atom stereocenters. The molecule has 0 saturated heterocycles. The van der Waals surface area contributed by atoms with Gasteiger partial charge < -0.3 is 5.32 Å². The molecule has 0 spiro atoms. The fourth-order valence-corrected chi connectivity index (χ4v) is 5.41. The Morgan fingerprint density at radius 3 is 2.32 bits per heavy atom. The maximum atomic E-state index is 13.6. The minimum absolute atomic E-state index is 0.102. The first-order valence-electron chi connectivity index (χ1n) is 11.8. The van der Waals surface area contributed by atoms with Crippen LogP contribution in [0.2, 0.25) is 0 Å². The molecule has 0 saturated carbocycles. The molecule has 1 aliphatic heterocycles. The quantitative estimate of drug-likeness (QED) is 0.379. The van der Waals surface area contributed by atoms with E-state index in [1.807, 2.05) is 36.4 Å². The maximum absolute atomic E-state index is 13.6. The third-order valence-corrected chi connectivity index (χ3v) is 7.18. The van der Waals surface area contributed by atoms with Crippen LogP contribution in [0, 0.1) is 0 Å². The van der Waals surface area contributed by atoms with E-state index in [4.69, 9.17) is 0 Å². The lowest BCUT2D eigenvalue weighted by Crippen LogP contribution is -2.37. The first kappa shape index (κ1) is 23.4. The van der Waals surface area contributed by atoms with Gasteiger partial charge in [0, 0.05) is 17.7 Å². The summed E-state index contributed by atoms with van der Waals surface area (Å²) in [5, 5.41) is 7.07. The number of rotatable bonds is 5. The van der Waals surface area contributed by atoms with Crippen LogP contribution in [0.25, 0.3) is 10.5 Å². The fraction of sp³-hybridized carbons (Fsp3) is 0.0714. The Kier molecular flexibility index (Phi) is 5.85. The Morgan fingerprint density at radius 2 is 1.55 bits per heavy atom. The third kappa shape index (κ3) is 4.16. The van der Waals surface area contributed by atoms with Gasteiger partial charge in [0.2, 0.25) is 10.9 Å². The van der Waals surface area contributed by atoms with Gasteiger partial charge in [-0.05, 0) is 23.8 Å². The number of para-hydroxylation sites is 2. The predicted molar refractivity (Wildman–Crippen MR) is 144 cm³/mol. The van der Waals surface area contributed by atoms with Gasteiger partial charge in [0.1, 0.15) is 16.8 Å². The van der Waals surface area contributed by atoms with Gasteiger partial charge in [-0.1, -0.05) is 78.1 Å². The summed E-state index contributed by atoms with van der Waals surface area (Å²) in [7, 11) is 0. The first-order chi connectivity index (χ1) is 18.5. The molecule has 3 aromatic carbocycles. The van der Waals surface area contributed by atoms with Crippen molar-refractivity contribution < 1.29 is 9.59 Å². The monoisotopic (exact) mass is 521 g/mol. The number of hydrogen-bond donors (Lipinski definition) is 1. The molecular weight excluding hydrogens is 502 g/mol. The number of nitrogens with zero attached hydrogens (tertiary/aromatic N) is 4. The van der Waals surface area contributed by atoms with Crippen molar-refractivity contribution in [1.82, 2.24) is 14.6 Å². The standard InChI is InChI=1S/C28H19N5O4S/c34-22(29-18-11-5-2-6-12-18)16-32-21-14-8-7-13-19(21)23(26(32)36)24-27(37)33-28(38-24)30-25(35)20(31-33)15-17-9-3-1-4-10-17/h1-14H,15-16H2,(H,29,34). The summed E-state index contributed by atoms with van der Waals surface area (Å²) in [6.07, 6.45) is 0.225. The van der Waals surface area contributed by atoms with Crippen LogP contribution in [0.5, 0.6) is 0 Å². The smallest absolute Gasteiger partial charge is 0.296 e. The number of nitrogens with one attached hydrogen (secondary N) is 1. The van der Waals surface area contributed by atoms with E-state index in [2.05, 4.69) is 15.4 Å². The van der Waals surface area contributed by atoms with Gasteiger partial charge in [-0.15, -0.1) is 0 Å². The second kappa shape index (κ2) is 9.49. The summed E-state index contributed by atoms with van der Waals surface area (Å²) in [6.45, 7) is -0.233. The molecule has 2 aromatic heterocycles. The second-order valence-electron chi connectivity index (χ2n) is 8.65. The van der Waals surface area contributed by atoms with Crippen molar-refractivity contribution in [2.24, 2.45) is 0 Å². The molecule has 186 valence electrons. The third-order valence-electron chi connectivity index (χ3n) is 6.15. The highest BCUT2D eigenvalue weighted by atomic mass is 32.1. The number of thiazole rings is 1. The van der Waals surface area contributed by atoms with Gasteiger partial charge in [0.05, 0.1) is 11.3 Å². The lowest BCUT2D eigenvalue weighted by molar-refractivity contribution is -0.118. The molecule has 6 rings (SSSR count). The molecule has 1 aliphatic rings. The molecule has 1 N–H and O–H groups in total. The van der Waals surface area contributed by atoms with E-state index in [0.29, 0.717) is 16.9 Å². The van der Waals surface area contributed by atoms with Crippen molar-refractivity contribution in [3.8, 4) is 0 Å². The fourth-order valence-electron chi connectivity index (χ4n) is 4.41. The number of carbonyl (C=O) groups excluding carboxylic acids is 2. The molecule has 10 heteroatoms. The molecule has 0 fully saturated rings. The average molecular weight is 522 g/mol. The predicted octanol–water partition coefficient (Wildman–Crippen LogP) is 2.01. The summed E-state index contributed by atoms with van der Waals surface area (Å²) in [6, 6.07) is 25.2. The largest absolute Gasteiger partial charge is 0.325 e. The first-order valence-corrected chi connectivity index (χ1v) is 12.6. The summed E-state index contributed by atoms with van der Waals surface area (Å²) < 4.78 is 1.19. The van der Waals surface area contributed by atoms with Crippen LogP contribution in [0.1, 0.15) is 16.8 Å². The van der Waals surface area contributed by atoms with Crippen molar-refractivity contribution >= 4 is 45.1 Å². The molecule has 2 amide bonds. The van der Waals surface area contributed by atoms with Crippen LogP contribution in [0.3, 0.4) is 0 Å². The molecule has 38 heavy (non-hydrogen) atoms. The van der Waals surface area contributed by atoms with Crippen LogP contribution in [-0.4, -0.2) is 33.0 Å². The molecular formula is C28H19N5O4S. The van der Waals surface area contributed by atoms with Gasteiger partial charge in [0.15, 0.2) is 0 Å². The zero-order chi connectivity index (χ0) is 26.2. The Balaban J connectivity index is 1.42. The van der Waals surface area contributed by atoms with Crippen LogP contribution in [0.15, 0.2) is 94.5 Å². The van der Waals surface area contributed by atoms with Crippen LogP contribution in [-0.2, 0) is 16.0 Å². The number of aromatic nitrogens is 3. The van der Waals surface area contributed by atoms with E-state index in [1.54, 1.807) is 48.5 Å². The van der Waals surface area contributed by atoms with E-state index in [-0.39, 0.29) is 39.6 Å². The number of anilines is 2. The Bertz CT molecular complexity index is 1880. The van der Waals surface area contributed by atoms with Crippen molar-refractivity contribution in [1.29, 1.82) is 0 Å². The number of hydrogen-bond acceptors (Lipinski definition) is 7. The normalized spacial score (nSPS) is 14.1. The van der Waals surface area contributed by atoms with E-state index >= 15 is 0 Å². The molecule has 5 aromatic rings. The zero-order valence-corrected chi connectivity index (χ0v) is 20.6. The van der Waals surface area contributed by atoms with Crippen molar-refractivity contribution in [3.05, 3.63) is 127 Å². The van der Waals surface area contributed by atoms with E-state index < -0.39 is 17.0 Å². The minimum atomic E-state index is -0.541. The summed E-state index contributed by atoms with van der Waals surface area (Å²) in [5.74, 6) is -0.857. The number of amides is 2. The Morgan fingerprint density at radius 1 is 0.868 bits per heavy atom. The van der Waals surface area contributed by atoms with Gasteiger partial charge in [-0.2, -0.15) is 14.6 Å². The molecule has 9 nitrogen and oxygen atoms in total. The van der Waals surface area contributed by atoms with Gasteiger partial charge in [-0.3, -0.25) is 24.1 Å². The zero-order valence-electron chi connectivity index (χ0n) is 19.8. The topological polar surface area (TPSA) is 114 Å². The lowest BCUT2D eigenvalue weighted by atomic mass is 10.1. The Hall–Kier alpha value is -4.96. The van der Waals surface area contributed by atoms with Crippen molar-refractivity contribution in [2.75, 3.05) is 16.8 Å². The van der Waals surface area contributed by atoms with Crippen LogP contribution < -0.4 is 25.9 Å². The molecule has 0 aliphatic carbocycles. The molecule has 0 radical (unpaired) electrons. The minimum Gasteiger partial charge on any atom is -0.325 e. The van der Waals surface area contributed by atoms with Crippen molar-refractivity contribution in [2.45, 2.75) is 6.42 Å². The van der Waals surface area contributed by atoms with E-state index in [0.717, 1.165) is 21.4 Å². The number of fused-ring (bicyclic) bond motifs is 2. The molecule has 3 heterocycles. The molecule has 0 bridgehead atoms. The lowest BCUT2D eigenvalue weighted by Gasteiger charge is -2.16. The van der Waals surface area contributed by atoms with Gasteiger partial charge >= 0.3 is 0 Å². The molecule has 0 unspecified atom stereocenters. The average Bonchev–Trinajstić information content (AvgIpc) is 3.38. The summed E-state index contributed by atoms with van der Waals surface area (Å²) in [5.41, 5.74) is 1.75. The van der Waals surface area contributed by atoms with E-state index in [9.17, 15) is 19.2 Å². The summed E-state index contributed by atoms with van der Waals surface area (Å²) in [4.78, 5) is 58.0. The summed E-state index contributed by atoms with van der Waals surface area (Å²) >= 11 is 0.933. The SMILES string of the molecule is O=C(CN1C(=O)C(=c2sc3nc(=O)c(Cc4ccccc4)nn3c2=O)c2ccccc21)Nc1ccccc1. The van der Waals surface area contributed by atoms with Crippen LogP contribution in [0.4, 0.5) is 11.4 Å². The highest BCUT2D eigenvalue weighted by molar-refractivity contribution is 7.15. The van der Waals surface area contributed by atoms with Crippen molar-refractivity contribution in [3.63, 3.8) is 0 Å².